The molecule has 1 aromatic carbocycles. The number of benzene rings is 1. The van der Waals surface area contributed by atoms with Crippen molar-refractivity contribution in [2.24, 2.45) is 5.73 Å². The van der Waals surface area contributed by atoms with Crippen LogP contribution in [-0.4, -0.2) is 11.7 Å². The minimum Gasteiger partial charge on any atom is -0.396 e. The van der Waals surface area contributed by atoms with Gasteiger partial charge in [0, 0.05) is 12.6 Å². The first-order valence-corrected chi connectivity index (χ1v) is 5.09. The lowest BCUT2D eigenvalue weighted by molar-refractivity contribution is 0.280. The van der Waals surface area contributed by atoms with Gasteiger partial charge in [-0.05, 0) is 43.4 Å². The molecule has 78 valence electrons. The molecule has 2 nitrogen and oxygen atoms in total. The summed E-state index contributed by atoms with van der Waals surface area (Å²) in [6.07, 6.45) is 1.62. The van der Waals surface area contributed by atoms with Crippen molar-refractivity contribution in [3.63, 3.8) is 0 Å². The molecule has 0 aliphatic carbocycles. The normalized spacial score (nSPS) is 12.9. The third kappa shape index (κ3) is 2.56. The van der Waals surface area contributed by atoms with Gasteiger partial charge in [-0.15, -0.1) is 0 Å². The minimum absolute atomic E-state index is 0.0575. The predicted molar refractivity (Wildman–Crippen MR) is 59.2 cm³/mol. The maximum Gasteiger partial charge on any atom is 0.0431 e. The Morgan fingerprint density at radius 2 is 2.07 bits per heavy atom. The highest BCUT2D eigenvalue weighted by atomic mass is 16.2. The highest BCUT2D eigenvalue weighted by molar-refractivity contribution is 5.35. The molecule has 0 saturated carbocycles. The van der Waals surface area contributed by atoms with Crippen molar-refractivity contribution in [1.82, 2.24) is 0 Å². The molecular formula is C12H19NO. The first-order valence-electron chi connectivity index (χ1n) is 5.09. The van der Waals surface area contributed by atoms with Crippen LogP contribution in [0.3, 0.4) is 0 Å². The zero-order valence-electron chi connectivity index (χ0n) is 8.96. The standard InChI is InChI=1S/C12H19NO/c1-9-5-3-6-11(10(9)2)12(13)7-4-8-14/h3,5-6,12,14H,4,7-8,13H2,1-2H3/t12-/m1/s1. The molecule has 0 aliphatic heterocycles. The lowest BCUT2D eigenvalue weighted by Crippen LogP contribution is -2.12. The molecule has 0 aliphatic rings. The van der Waals surface area contributed by atoms with Crippen molar-refractivity contribution in [2.45, 2.75) is 32.7 Å². The van der Waals surface area contributed by atoms with Gasteiger partial charge in [-0.1, -0.05) is 18.2 Å². The summed E-state index contributed by atoms with van der Waals surface area (Å²) >= 11 is 0. The zero-order chi connectivity index (χ0) is 10.6. The Bertz CT molecular complexity index is 296. The SMILES string of the molecule is Cc1cccc([C@H](N)CCCO)c1C. The third-order valence-corrected chi connectivity index (χ3v) is 2.72. The Balaban J connectivity index is 2.79. The Morgan fingerprint density at radius 1 is 1.36 bits per heavy atom. The number of aryl methyl sites for hydroxylation is 1. The van der Waals surface area contributed by atoms with Crippen LogP contribution in [0.4, 0.5) is 0 Å². The lowest BCUT2D eigenvalue weighted by atomic mass is 9.95. The largest absolute Gasteiger partial charge is 0.396 e. The van der Waals surface area contributed by atoms with Gasteiger partial charge >= 0.3 is 0 Å². The van der Waals surface area contributed by atoms with Gasteiger partial charge in [0.05, 0.1) is 0 Å². The van der Waals surface area contributed by atoms with Crippen LogP contribution in [-0.2, 0) is 0 Å². The summed E-state index contributed by atoms with van der Waals surface area (Å²) in [6, 6.07) is 6.26. The second-order valence-electron chi connectivity index (χ2n) is 3.76. The van der Waals surface area contributed by atoms with Crippen LogP contribution < -0.4 is 5.73 Å². The second kappa shape index (κ2) is 5.13. The summed E-state index contributed by atoms with van der Waals surface area (Å²) in [5.41, 5.74) is 9.80. The number of rotatable bonds is 4. The van der Waals surface area contributed by atoms with Gasteiger partial charge in [-0.2, -0.15) is 0 Å². The summed E-state index contributed by atoms with van der Waals surface area (Å²) in [5.74, 6) is 0. The van der Waals surface area contributed by atoms with Crippen molar-refractivity contribution < 1.29 is 5.11 Å². The van der Waals surface area contributed by atoms with Crippen molar-refractivity contribution in [3.8, 4) is 0 Å². The van der Waals surface area contributed by atoms with Crippen LogP contribution in [0.1, 0.15) is 35.6 Å². The van der Waals surface area contributed by atoms with E-state index in [0.717, 1.165) is 12.8 Å². The average Bonchev–Trinajstić information content (AvgIpc) is 2.18. The summed E-state index contributed by atoms with van der Waals surface area (Å²) in [5, 5.41) is 8.73. The molecule has 14 heavy (non-hydrogen) atoms. The Labute approximate surface area is 85.8 Å². The van der Waals surface area contributed by atoms with Gasteiger partial charge in [0.2, 0.25) is 0 Å². The molecule has 2 heteroatoms. The molecule has 1 atom stereocenters. The van der Waals surface area contributed by atoms with Crippen molar-refractivity contribution >= 4 is 0 Å². The molecule has 0 amide bonds. The first kappa shape index (κ1) is 11.2. The topological polar surface area (TPSA) is 46.2 Å². The number of hydrogen-bond donors (Lipinski definition) is 2. The van der Waals surface area contributed by atoms with Crippen LogP contribution in [0.25, 0.3) is 0 Å². The quantitative estimate of drug-likeness (QED) is 0.769. The van der Waals surface area contributed by atoms with E-state index in [1.165, 1.54) is 16.7 Å². The van der Waals surface area contributed by atoms with Gasteiger partial charge in [-0.3, -0.25) is 0 Å². The van der Waals surface area contributed by atoms with Crippen LogP contribution in [0.15, 0.2) is 18.2 Å². The van der Waals surface area contributed by atoms with Crippen LogP contribution in [0.2, 0.25) is 0 Å². The van der Waals surface area contributed by atoms with E-state index >= 15 is 0 Å². The molecule has 0 aromatic heterocycles. The monoisotopic (exact) mass is 193 g/mol. The first-order chi connectivity index (χ1) is 6.66. The molecule has 1 rings (SSSR count). The molecule has 3 N–H and O–H groups in total. The fraction of sp³-hybridized carbons (Fsp3) is 0.500. The van der Waals surface area contributed by atoms with Gasteiger partial charge in [0.1, 0.15) is 0 Å². The molecule has 0 fully saturated rings. The van der Waals surface area contributed by atoms with E-state index in [-0.39, 0.29) is 12.6 Å². The smallest absolute Gasteiger partial charge is 0.0431 e. The van der Waals surface area contributed by atoms with Crippen LogP contribution >= 0.6 is 0 Å². The highest BCUT2D eigenvalue weighted by Crippen LogP contribution is 2.21. The van der Waals surface area contributed by atoms with Crippen molar-refractivity contribution in [3.05, 3.63) is 34.9 Å². The lowest BCUT2D eigenvalue weighted by Gasteiger charge is -2.15. The fourth-order valence-corrected chi connectivity index (χ4v) is 1.64. The van der Waals surface area contributed by atoms with E-state index in [9.17, 15) is 0 Å². The number of nitrogens with two attached hydrogens (primary N) is 1. The minimum atomic E-state index is 0.0575. The highest BCUT2D eigenvalue weighted by Gasteiger charge is 2.08. The molecule has 0 saturated heterocycles. The van der Waals surface area contributed by atoms with Crippen molar-refractivity contribution in [1.29, 1.82) is 0 Å². The zero-order valence-corrected chi connectivity index (χ0v) is 8.96. The van der Waals surface area contributed by atoms with E-state index < -0.39 is 0 Å². The Kier molecular flexibility index (Phi) is 4.11. The van der Waals surface area contributed by atoms with Crippen molar-refractivity contribution in [2.75, 3.05) is 6.61 Å². The molecule has 1 aromatic rings. The number of aliphatic hydroxyl groups excluding tert-OH is 1. The van der Waals surface area contributed by atoms with Gasteiger partial charge < -0.3 is 10.8 Å². The summed E-state index contributed by atoms with van der Waals surface area (Å²) < 4.78 is 0. The average molecular weight is 193 g/mol. The molecular weight excluding hydrogens is 174 g/mol. The maximum absolute atomic E-state index is 8.73. The molecule has 0 unspecified atom stereocenters. The summed E-state index contributed by atoms with van der Waals surface area (Å²) in [6.45, 7) is 4.42. The Hall–Kier alpha value is -0.860. The van der Waals surface area contributed by atoms with E-state index in [0.29, 0.717) is 0 Å². The van der Waals surface area contributed by atoms with E-state index in [1.54, 1.807) is 0 Å². The maximum atomic E-state index is 8.73. The Morgan fingerprint density at radius 3 is 2.71 bits per heavy atom. The summed E-state index contributed by atoms with van der Waals surface area (Å²) in [7, 11) is 0. The second-order valence-corrected chi connectivity index (χ2v) is 3.76. The number of hydrogen-bond acceptors (Lipinski definition) is 2. The summed E-state index contributed by atoms with van der Waals surface area (Å²) in [4.78, 5) is 0. The van der Waals surface area contributed by atoms with Crippen LogP contribution in [0.5, 0.6) is 0 Å². The number of aliphatic hydroxyl groups is 1. The molecule has 0 bridgehead atoms. The fourth-order valence-electron chi connectivity index (χ4n) is 1.64. The molecule has 0 spiro atoms. The van der Waals surface area contributed by atoms with E-state index in [2.05, 4.69) is 26.0 Å². The van der Waals surface area contributed by atoms with E-state index in [4.69, 9.17) is 10.8 Å². The molecule has 0 heterocycles. The van der Waals surface area contributed by atoms with Gasteiger partial charge in [0.25, 0.3) is 0 Å². The van der Waals surface area contributed by atoms with E-state index in [1.807, 2.05) is 6.07 Å². The molecule has 0 radical (unpaired) electrons. The van der Waals surface area contributed by atoms with Gasteiger partial charge in [0.15, 0.2) is 0 Å². The predicted octanol–water partition coefficient (Wildman–Crippen LogP) is 2.08. The van der Waals surface area contributed by atoms with Gasteiger partial charge in [-0.25, -0.2) is 0 Å². The van der Waals surface area contributed by atoms with Crippen LogP contribution in [0, 0.1) is 13.8 Å². The third-order valence-electron chi connectivity index (χ3n) is 2.72.